The molecule has 0 spiro atoms. The fourth-order valence-corrected chi connectivity index (χ4v) is 0. The largest absolute Gasteiger partial charge is 0.358 e. The van der Waals surface area contributed by atoms with Crippen molar-refractivity contribution in [2.24, 2.45) is 10.7 Å². The fourth-order valence-electron chi connectivity index (χ4n) is 0. The highest BCUT2D eigenvalue weighted by Gasteiger charge is 2.04. The van der Waals surface area contributed by atoms with Crippen LogP contribution >= 0.6 is 0 Å². The van der Waals surface area contributed by atoms with Gasteiger partial charge >= 0.3 is 0 Å². The van der Waals surface area contributed by atoms with E-state index in [-0.39, 0.29) is 0 Å². The molecule has 0 aliphatic rings. The van der Waals surface area contributed by atoms with E-state index in [0.29, 0.717) is 0 Å². The molecule has 0 radical (unpaired) electrons. The van der Waals surface area contributed by atoms with E-state index in [9.17, 15) is 0 Å². The van der Waals surface area contributed by atoms with Crippen molar-refractivity contribution < 1.29 is 5.11 Å². The first kappa shape index (κ1) is 5.59. The quantitative estimate of drug-likeness (QED) is 0.329. The topological polar surface area (TPSA) is 58.6 Å². The maximum absolute atomic E-state index is 8.38. The molecule has 0 fully saturated rings. The maximum Gasteiger partial charge on any atom is 0.206 e. The molecule has 0 heterocycles. The summed E-state index contributed by atoms with van der Waals surface area (Å²) < 4.78 is 0. The zero-order chi connectivity index (χ0) is 5.21. The molecule has 0 aliphatic heterocycles. The second kappa shape index (κ2) is 1.36. The predicted molar refractivity (Wildman–Crippen MR) is 24.4 cm³/mol. The van der Waals surface area contributed by atoms with Gasteiger partial charge in [0.05, 0.1) is 0 Å². The summed E-state index contributed by atoms with van der Waals surface area (Å²) in [5.41, 5.74) is 4.86. The van der Waals surface area contributed by atoms with Gasteiger partial charge in [-0.1, -0.05) is 0 Å². The molecule has 0 rings (SSSR count). The molecule has 3 nitrogen and oxygen atoms in total. The van der Waals surface area contributed by atoms with Crippen molar-refractivity contribution in [2.75, 3.05) is 0 Å². The Balaban J connectivity index is 3.45. The minimum Gasteiger partial charge on any atom is -0.358 e. The summed E-state index contributed by atoms with van der Waals surface area (Å²) in [6.07, 6.45) is 0. The average Bonchev–Trinajstić information content (AvgIpc) is 1.35. The molecule has 3 heteroatoms. The highest BCUT2D eigenvalue weighted by molar-refractivity contribution is 5.24. The third-order valence-electron chi connectivity index (χ3n) is 0.320. The number of rotatable bonds is 1. The Bertz CT molecular complexity index is 54.3. The van der Waals surface area contributed by atoms with Gasteiger partial charge in [-0.25, -0.2) is 0 Å². The maximum atomic E-state index is 8.38. The first-order valence-corrected chi connectivity index (χ1v) is 1.55. The zero-order valence-electron chi connectivity index (χ0n) is 3.68. The summed E-state index contributed by atoms with van der Waals surface area (Å²) >= 11 is 0. The van der Waals surface area contributed by atoms with Crippen molar-refractivity contribution >= 4 is 6.72 Å². The molecule has 0 aromatic carbocycles. The van der Waals surface area contributed by atoms with Crippen molar-refractivity contribution in [2.45, 2.75) is 12.8 Å². The van der Waals surface area contributed by atoms with Crippen LogP contribution in [0.25, 0.3) is 0 Å². The van der Waals surface area contributed by atoms with Crippen LogP contribution in [0.15, 0.2) is 4.99 Å². The van der Waals surface area contributed by atoms with Crippen molar-refractivity contribution in [3.05, 3.63) is 0 Å². The van der Waals surface area contributed by atoms with Crippen molar-refractivity contribution in [3.8, 4) is 0 Å². The molecule has 0 aromatic rings. The number of hydrogen-bond donors (Lipinski definition) is 2. The molecule has 0 bridgehead atoms. The molecule has 0 aromatic heterocycles. The van der Waals surface area contributed by atoms with E-state index < -0.39 is 5.85 Å². The number of aliphatic imine (C=N–C) groups is 1. The van der Waals surface area contributed by atoms with E-state index in [1.54, 1.807) is 0 Å². The lowest BCUT2D eigenvalue weighted by Gasteiger charge is -2.06. The van der Waals surface area contributed by atoms with Crippen LogP contribution in [0.1, 0.15) is 6.92 Å². The molecule has 0 saturated carbocycles. The number of nitrogens with two attached hydrogens (primary N) is 1. The van der Waals surface area contributed by atoms with Gasteiger partial charge in [-0.05, 0) is 13.6 Å². The Kier molecular flexibility index (Phi) is 1.27. The third kappa shape index (κ3) is 3.59. The standard InChI is InChI=1S/C3H8N2O/c1-3(4,6)5-2/h6H,2,4H2,1H3. The predicted octanol–water partition coefficient (Wildman–Crippen LogP) is -0.688. The van der Waals surface area contributed by atoms with Gasteiger partial charge in [-0.2, -0.15) is 0 Å². The summed E-state index contributed by atoms with van der Waals surface area (Å²) in [5.74, 6) is -1.44. The van der Waals surface area contributed by atoms with E-state index in [1.165, 1.54) is 6.92 Å². The Labute approximate surface area is 36.5 Å². The van der Waals surface area contributed by atoms with Crippen molar-refractivity contribution in [1.29, 1.82) is 0 Å². The van der Waals surface area contributed by atoms with E-state index >= 15 is 0 Å². The van der Waals surface area contributed by atoms with E-state index in [4.69, 9.17) is 10.8 Å². The molecule has 6 heavy (non-hydrogen) atoms. The van der Waals surface area contributed by atoms with Crippen LogP contribution in [-0.2, 0) is 0 Å². The van der Waals surface area contributed by atoms with Gasteiger partial charge in [0, 0.05) is 0 Å². The molecule has 1 unspecified atom stereocenters. The van der Waals surface area contributed by atoms with Gasteiger partial charge in [-0.15, -0.1) is 0 Å². The molecule has 36 valence electrons. The normalized spacial score (nSPS) is 19.2. The molecule has 0 saturated heterocycles. The third-order valence-corrected chi connectivity index (χ3v) is 0.320. The first-order chi connectivity index (χ1) is 2.56. The van der Waals surface area contributed by atoms with Gasteiger partial charge < -0.3 is 5.11 Å². The summed E-state index contributed by atoms with van der Waals surface area (Å²) in [7, 11) is 0. The molecular formula is C3H8N2O. The van der Waals surface area contributed by atoms with E-state index in [2.05, 4.69) is 11.7 Å². The van der Waals surface area contributed by atoms with Crippen LogP contribution in [0.4, 0.5) is 0 Å². The van der Waals surface area contributed by atoms with Crippen LogP contribution < -0.4 is 5.73 Å². The second-order valence-corrected chi connectivity index (χ2v) is 1.25. The van der Waals surface area contributed by atoms with Crippen LogP contribution in [0.3, 0.4) is 0 Å². The minimum atomic E-state index is -1.44. The highest BCUT2D eigenvalue weighted by Crippen LogP contribution is 1.87. The smallest absolute Gasteiger partial charge is 0.206 e. The Hall–Kier alpha value is -0.410. The van der Waals surface area contributed by atoms with Gasteiger partial charge in [0.2, 0.25) is 5.85 Å². The summed E-state index contributed by atoms with van der Waals surface area (Å²) in [6, 6.07) is 0. The lowest BCUT2D eigenvalue weighted by atomic mass is 10.5. The first-order valence-electron chi connectivity index (χ1n) is 1.55. The van der Waals surface area contributed by atoms with Gasteiger partial charge in [0.1, 0.15) is 0 Å². The summed E-state index contributed by atoms with van der Waals surface area (Å²) in [4.78, 5) is 3.10. The molecular weight excluding hydrogens is 80.0 g/mol. The van der Waals surface area contributed by atoms with Gasteiger partial charge in [0.25, 0.3) is 0 Å². The zero-order valence-corrected chi connectivity index (χ0v) is 3.68. The fraction of sp³-hybridized carbons (Fsp3) is 0.667. The second-order valence-electron chi connectivity index (χ2n) is 1.25. The van der Waals surface area contributed by atoms with Gasteiger partial charge in [0.15, 0.2) is 0 Å². The van der Waals surface area contributed by atoms with Crippen LogP contribution in [0, 0.1) is 0 Å². The van der Waals surface area contributed by atoms with E-state index in [1.807, 2.05) is 0 Å². The van der Waals surface area contributed by atoms with Gasteiger partial charge in [-0.3, -0.25) is 10.7 Å². The molecule has 1 atom stereocenters. The molecule has 3 N–H and O–H groups in total. The Morgan fingerprint density at radius 3 is 2.17 bits per heavy atom. The summed E-state index contributed by atoms with van der Waals surface area (Å²) in [5, 5.41) is 8.38. The minimum absolute atomic E-state index is 1.35. The number of aliphatic hydroxyl groups is 1. The lowest BCUT2D eigenvalue weighted by molar-refractivity contribution is 0.0785. The SMILES string of the molecule is C=NC(C)(N)O. The monoisotopic (exact) mass is 88.1 g/mol. The van der Waals surface area contributed by atoms with Crippen LogP contribution in [0.5, 0.6) is 0 Å². The Morgan fingerprint density at radius 2 is 2.17 bits per heavy atom. The Morgan fingerprint density at radius 1 is 2.00 bits per heavy atom. The summed E-state index contributed by atoms with van der Waals surface area (Å²) in [6.45, 7) is 4.35. The molecule has 0 aliphatic carbocycles. The van der Waals surface area contributed by atoms with Crippen molar-refractivity contribution in [3.63, 3.8) is 0 Å². The molecule has 0 amide bonds. The van der Waals surface area contributed by atoms with Crippen molar-refractivity contribution in [1.82, 2.24) is 0 Å². The van der Waals surface area contributed by atoms with Crippen LogP contribution in [-0.4, -0.2) is 17.7 Å². The number of nitrogens with zero attached hydrogens (tertiary/aromatic N) is 1. The van der Waals surface area contributed by atoms with Crippen LogP contribution in [0.2, 0.25) is 0 Å². The highest BCUT2D eigenvalue weighted by atomic mass is 16.3. The number of hydrogen-bond acceptors (Lipinski definition) is 3. The average molecular weight is 88.1 g/mol. The lowest BCUT2D eigenvalue weighted by Crippen LogP contribution is -2.32. The van der Waals surface area contributed by atoms with E-state index in [0.717, 1.165) is 0 Å².